The molecule has 0 spiro atoms. The molecule has 2 N–H and O–H groups in total. The zero-order valence-electron chi connectivity index (χ0n) is 11.6. The van der Waals surface area contributed by atoms with Gasteiger partial charge >= 0.3 is 0 Å². The predicted molar refractivity (Wildman–Crippen MR) is 75.4 cm³/mol. The molecule has 6 heteroatoms. The van der Waals surface area contributed by atoms with Gasteiger partial charge in [-0.2, -0.15) is 15.8 Å². The second-order valence-corrected chi connectivity index (χ2v) is 4.73. The van der Waals surface area contributed by atoms with Crippen molar-refractivity contribution in [3.05, 3.63) is 58.3 Å². The lowest BCUT2D eigenvalue weighted by atomic mass is 9.93. The summed E-state index contributed by atoms with van der Waals surface area (Å²) in [7, 11) is 0. The number of nitriles is 3. The van der Waals surface area contributed by atoms with E-state index in [0.29, 0.717) is 5.56 Å². The summed E-state index contributed by atoms with van der Waals surface area (Å²) in [6.45, 7) is 1.29. The lowest BCUT2D eigenvalue weighted by Crippen LogP contribution is -2.40. The van der Waals surface area contributed by atoms with Crippen LogP contribution in [0.25, 0.3) is 0 Å². The van der Waals surface area contributed by atoms with Gasteiger partial charge in [-0.15, -0.1) is 0 Å². The highest BCUT2D eigenvalue weighted by molar-refractivity contribution is 6.12. The number of hydrogen-bond donors (Lipinski definition) is 2. The summed E-state index contributed by atoms with van der Waals surface area (Å²) < 4.78 is 0. The Kier molecular flexibility index (Phi) is 3.77. The Balaban J connectivity index is 2.71. The molecule has 0 saturated heterocycles. The van der Waals surface area contributed by atoms with Gasteiger partial charge in [0.15, 0.2) is 17.1 Å². The largest absolute Gasteiger partial charge is 0.367 e. The monoisotopic (exact) mass is 290 g/mol. The Morgan fingerprint density at radius 2 is 1.77 bits per heavy atom. The number of benzene rings is 1. The zero-order valence-corrected chi connectivity index (χ0v) is 11.6. The van der Waals surface area contributed by atoms with Crippen molar-refractivity contribution in [2.24, 2.45) is 0 Å². The van der Waals surface area contributed by atoms with Crippen LogP contribution in [-0.4, -0.2) is 16.6 Å². The summed E-state index contributed by atoms with van der Waals surface area (Å²) >= 11 is 0. The maximum absolute atomic E-state index is 12.6. The molecule has 0 amide bonds. The van der Waals surface area contributed by atoms with Crippen LogP contribution in [0.1, 0.15) is 17.3 Å². The first kappa shape index (κ1) is 15.0. The maximum atomic E-state index is 12.6. The van der Waals surface area contributed by atoms with Gasteiger partial charge in [0.1, 0.15) is 18.2 Å². The molecule has 1 aliphatic heterocycles. The molecule has 1 heterocycles. The summed E-state index contributed by atoms with van der Waals surface area (Å²) in [6.07, 6.45) is 0. The standard InChI is InChI=1S/C16H10N4O2/c1-16(22)13(15(21)10-5-3-2-4-6-10)12(9-19)14(20-16)11(7-17)8-18/h2-6,20,22H,1H3. The molecule has 0 radical (unpaired) electrons. The quantitative estimate of drug-likeness (QED) is 0.625. The number of carbonyl (C=O) groups excluding carboxylic acids is 1. The Bertz CT molecular complexity index is 812. The molecule has 1 aromatic rings. The van der Waals surface area contributed by atoms with Crippen LogP contribution in [0.15, 0.2) is 52.7 Å². The molecule has 0 fully saturated rings. The topological polar surface area (TPSA) is 121 Å². The predicted octanol–water partition coefficient (Wildman–Crippen LogP) is 1.30. The minimum atomic E-state index is -1.84. The zero-order chi connectivity index (χ0) is 16.3. The molecule has 22 heavy (non-hydrogen) atoms. The lowest BCUT2D eigenvalue weighted by molar-refractivity contribution is 0.0696. The van der Waals surface area contributed by atoms with Crippen LogP contribution in [0.2, 0.25) is 0 Å². The van der Waals surface area contributed by atoms with Gasteiger partial charge in [-0.3, -0.25) is 4.79 Å². The Morgan fingerprint density at radius 3 is 2.27 bits per heavy atom. The fourth-order valence-corrected chi connectivity index (χ4v) is 2.24. The first-order chi connectivity index (χ1) is 10.5. The first-order valence-electron chi connectivity index (χ1n) is 6.26. The van der Waals surface area contributed by atoms with Crippen molar-refractivity contribution >= 4 is 5.78 Å². The van der Waals surface area contributed by atoms with E-state index in [4.69, 9.17) is 10.5 Å². The van der Waals surface area contributed by atoms with Crippen LogP contribution < -0.4 is 5.32 Å². The third-order valence-electron chi connectivity index (χ3n) is 3.20. The summed E-state index contributed by atoms with van der Waals surface area (Å²) in [4.78, 5) is 12.6. The SMILES string of the molecule is CC1(O)NC(=C(C#N)C#N)C(C#N)=C1C(=O)c1ccccc1. The van der Waals surface area contributed by atoms with Crippen molar-refractivity contribution in [3.8, 4) is 18.2 Å². The van der Waals surface area contributed by atoms with Gasteiger partial charge in [-0.1, -0.05) is 30.3 Å². The van der Waals surface area contributed by atoms with Gasteiger partial charge in [0.05, 0.1) is 16.8 Å². The lowest BCUT2D eigenvalue weighted by Gasteiger charge is -2.21. The van der Waals surface area contributed by atoms with Crippen molar-refractivity contribution in [1.29, 1.82) is 15.8 Å². The molecule has 0 bridgehead atoms. The smallest absolute Gasteiger partial charge is 0.195 e. The highest BCUT2D eigenvalue weighted by Crippen LogP contribution is 2.34. The van der Waals surface area contributed by atoms with E-state index in [-0.39, 0.29) is 22.4 Å². The third-order valence-corrected chi connectivity index (χ3v) is 3.20. The van der Waals surface area contributed by atoms with E-state index in [0.717, 1.165) is 0 Å². The van der Waals surface area contributed by atoms with Gasteiger partial charge in [-0.05, 0) is 6.92 Å². The number of aliphatic hydroxyl groups is 1. The van der Waals surface area contributed by atoms with Crippen molar-refractivity contribution in [2.45, 2.75) is 12.6 Å². The maximum Gasteiger partial charge on any atom is 0.195 e. The molecule has 1 aliphatic rings. The van der Waals surface area contributed by atoms with Crippen molar-refractivity contribution in [3.63, 3.8) is 0 Å². The van der Waals surface area contributed by atoms with Gasteiger partial charge < -0.3 is 10.4 Å². The molecule has 1 aromatic carbocycles. The van der Waals surface area contributed by atoms with E-state index in [1.165, 1.54) is 6.92 Å². The number of hydrogen-bond acceptors (Lipinski definition) is 6. The molecule has 0 aliphatic carbocycles. The highest BCUT2D eigenvalue weighted by Gasteiger charge is 2.43. The van der Waals surface area contributed by atoms with Crippen molar-refractivity contribution < 1.29 is 9.90 Å². The summed E-state index contributed by atoms with van der Waals surface area (Å²) in [6, 6.07) is 13.2. The van der Waals surface area contributed by atoms with E-state index in [1.807, 2.05) is 0 Å². The first-order valence-corrected chi connectivity index (χ1v) is 6.26. The second kappa shape index (κ2) is 5.54. The van der Waals surface area contributed by atoms with Crippen molar-refractivity contribution in [2.75, 3.05) is 0 Å². The van der Waals surface area contributed by atoms with Crippen LogP contribution in [0, 0.1) is 34.0 Å². The molecule has 2 rings (SSSR count). The van der Waals surface area contributed by atoms with E-state index < -0.39 is 11.5 Å². The number of nitrogens with zero attached hydrogens (tertiary/aromatic N) is 3. The number of Topliss-reactive ketones (excluding diaryl/α,β-unsaturated/α-hetero) is 1. The molecule has 106 valence electrons. The van der Waals surface area contributed by atoms with Crippen LogP contribution in [0.3, 0.4) is 0 Å². The van der Waals surface area contributed by atoms with E-state index >= 15 is 0 Å². The molecule has 0 saturated carbocycles. The normalized spacial score (nSPS) is 19.7. The molecular weight excluding hydrogens is 280 g/mol. The number of rotatable bonds is 2. The molecule has 6 nitrogen and oxygen atoms in total. The average molecular weight is 290 g/mol. The summed E-state index contributed by atoms with van der Waals surface area (Å²) in [5, 5.41) is 40.1. The molecular formula is C16H10N4O2. The Hall–Kier alpha value is -3.40. The van der Waals surface area contributed by atoms with E-state index in [9.17, 15) is 15.2 Å². The van der Waals surface area contributed by atoms with Crippen LogP contribution in [0.4, 0.5) is 0 Å². The molecule has 1 unspecified atom stereocenters. The van der Waals surface area contributed by atoms with E-state index in [2.05, 4.69) is 5.32 Å². The van der Waals surface area contributed by atoms with Crippen LogP contribution in [-0.2, 0) is 0 Å². The molecule has 1 atom stereocenters. The third kappa shape index (κ3) is 2.33. The fourth-order valence-electron chi connectivity index (χ4n) is 2.24. The summed E-state index contributed by atoms with van der Waals surface area (Å²) in [5.41, 5.74) is -2.42. The average Bonchev–Trinajstić information content (AvgIpc) is 2.79. The second-order valence-electron chi connectivity index (χ2n) is 4.73. The van der Waals surface area contributed by atoms with Crippen LogP contribution in [0.5, 0.6) is 0 Å². The highest BCUT2D eigenvalue weighted by atomic mass is 16.3. The van der Waals surface area contributed by atoms with Gasteiger partial charge in [0, 0.05) is 5.56 Å². The number of ketones is 1. The number of allylic oxidation sites excluding steroid dienone is 2. The van der Waals surface area contributed by atoms with Gasteiger partial charge in [-0.25, -0.2) is 0 Å². The van der Waals surface area contributed by atoms with Crippen LogP contribution >= 0.6 is 0 Å². The molecule has 0 aromatic heterocycles. The Labute approximate surface area is 126 Å². The van der Waals surface area contributed by atoms with Gasteiger partial charge in [0.25, 0.3) is 0 Å². The number of carbonyl (C=O) groups is 1. The van der Waals surface area contributed by atoms with Crippen molar-refractivity contribution in [1.82, 2.24) is 5.32 Å². The van der Waals surface area contributed by atoms with E-state index in [1.54, 1.807) is 48.5 Å². The van der Waals surface area contributed by atoms with Gasteiger partial charge in [0.2, 0.25) is 0 Å². The fraction of sp³-hybridized carbons (Fsp3) is 0.125. The number of nitrogens with one attached hydrogen (secondary N) is 1. The minimum absolute atomic E-state index is 0.128. The summed E-state index contributed by atoms with van der Waals surface area (Å²) in [5.74, 6) is -0.542. The Morgan fingerprint density at radius 1 is 1.18 bits per heavy atom. The minimum Gasteiger partial charge on any atom is -0.367 e.